The fourth-order valence-corrected chi connectivity index (χ4v) is 4.25. The number of carbonyl (C=O) groups is 2. The van der Waals surface area contributed by atoms with Gasteiger partial charge in [0.2, 0.25) is 5.91 Å². The highest BCUT2D eigenvalue weighted by Crippen LogP contribution is 2.37. The van der Waals surface area contributed by atoms with Crippen molar-refractivity contribution in [2.45, 2.75) is 38.3 Å². The molecule has 0 spiro atoms. The van der Waals surface area contributed by atoms with Gasteiger partial charge in [-0.15, -0.1) is 0 Å². The van der Waals surface area contributed by atoms with Crippen LogP contribution in [0.3, 0.4) is 0 Å². The molecule has 2 amide bonds. The third kappa shape index (κ3) is 4.38. The van der Waals surface area contributed by atoms with E-state index in [1.54, 1.807) is 4.90 Å². The second kappa shape index (κ2) is 8.38. The zero-order valence-electron chi connectivity index (χ0n) is 18.2. The molecular weight excluding hydrogens is 384 g/mol. The van der Waals surface area contributed by atoms with Crippen LogP contribution in [0.2, 0.25) is 0 Å². The first-order valence-electron chi connectivity index (χ1n) is 10.7. The van der Waals surface area contributed by atoms with Crippen molar-refractivity contribution in [1.29, 1.82) is 0 Å². The molecule has 3 aromatic rings. The molecule has 1 aliphatic heterocycles. The molecule has 0 saturated carbocycles. The van der Waals surface area contributed by atoms with Crippen molar-refractivity contribution < 1.29 is 9.59 Å². The maximum Gasteiger partial charge on any atom is 0.255 e. The van der Waals surface area contributed by atoms with Crippen LogP contribution in [-0.4, -0.2) is 28.8 Å². The minimum absolute atomic E-state index is 0.0365. The molecule has 0 saturated heterocycles. The summed E-state index contributed by atoms with van der Waals surface area (Å²) in [6.07, 6.45) is 0. The summed E-state index contributed by atoms with van der Waals surface area (Å²) in [4.78, 5) is 28.5. The van der Waals surface area contributed by atoms with E-state index >= 15 is 0 Å². The summed E-state index contributed by atoms with van der Waals surface area (Å²) in [5.41, 5.74) is 3.23. The predicted molar refractivity (Wildman–Crippen MR) is 123 cm³/mol. The van der Waals surface area contributed by atoms with E-state index < -0.39 is 6.04 Å². The quantitative estimate of drug-likeness (QED) is 0.646. The van der Waals surface area contributed by atoms with Crippen molar-refractivity contribution in [1.82, 2.24) is 10.2 Å². The van der Waals surface area contributed by atoms with E-state index in [1.807, 2.05) is 81.4 Å². The van der Waals surface area contributed by atoms with Crippen LogP contribution in [0.5, 0.6) is 0 Å². The lowest BCUT2D eigenvalue weighted by Gasteiger charge is -2.31. The van der Waals surface area contributed by atoms with E-state index in [0.29, 0.717) is 12.1 Å². The summed E-state index contributed by atoms with van der Waals surface area (Å²) >= 11 is 0. The van der Waals surface area contributed by atoms with Crippen molar-refractivity contribution in [3.8, 4) is 0 Å². The number of carbonyl (C=O) groups excluding carboxylic acids is 2. The minimum Gasteiger partial charge on any atom is -0.349 e. The number of nitrogens with zero attached hydrogens (tertiary/aromatic N) is 1. The van der Waals surface area contributed by atoms with Crippen molar-refractivity contribution in [2.75, 3.05) is 6.54 Å². The van der Waals surface area contributed by atoms with Gasteiger partial charge in [0.1, 0.15) is 6.04 Å². The molecule has 158 valence electrons. The Morgan fingerprint density at radius 1 is 0.871 bits per heavy atom. The SMILES string of the molecule is CC(C)(C)NC(=O)C1c2ccccc2C(=O)N1CC(c1ccccc1)c1ccccc1. The highest BCUT2D eigenvalue weighted by molar-refractivity contribution is 6.04. The average Bonchev–Trinajstić information content (AvgIpc) is 3.04. The summed E-state index contributed by atoms with van der Waals surface area (Å²) < 4.78 is 0. The minimum atomic E-state index is -0.641. The van der Waals surface area contributed by atoms with Crippen LogP contribution in [0.15, 0.2) is 84.9 Å². The zero-order chi connectivity index (χ0) is 22.0. The van der Waals surface area contributed by atoms with E-state index in [9.17, 15) is 9.59 Å². The number of fused-ring (bicyclic) bond motifs is 1. The Morgan fingerprint density at radius 3 is 1.94 bits per heavy atom. The molecule has 0 bridgehead atoms. The van der Waals surface area contributed by atoms with Gasteiger partial charge in [0.15, 0.2) is 0 Å². The monoisotopic (exact) mass is 412 g/mol. The van der Waals surface area contributed by atoms with Crippen LogP contribution < -0.4 is 5.32 Å². The van der Waals surface area contributed by atoms with Gasteiger partial charge in [0, 0.05) is 23.6 Å². The molecule has 0 aliphatic carbocycles. The number of hydrogen-bond donors (Lipinski definition) is 1. The molecule has 1 N–H and O–H groups in total. The van der Waals surface area contributed by atoms with Crippen LogP contribution in [0.1, 0.15) is 59.8 Å². The first kappa shape index (κ1) is 20.9. The van der Waals surface area contributed by atoms with Crippen LogP contribution in [0.25, 0.3) is 0 Å². The summed E-state index contributed by atoms with van der Waals surface area (Å²) in [7, 11) is 0. The molecule has 0 aromatic heterocycles. The zero-order valence-corrected chi connectivity index (χ0v) is 18.2. The third-order valence-corrected chi connectivity index (χ3v) is 5.59. The molecule has 4 heteroatoms. The topological polar surface area (TPSA) is 49.4 Å². The molecular formula is C27H28N2O2. The standard InChI is InChI=1S/C27H28N2O2/c1-27(2,3)28-25(30)24-21-16-10-11-17-22(21)26(31)29(24)18-23(19-12-6-4-7-13-19)20-14-8-5-9-15-20/h4-17,23-24H,18H2,1-3H3,(H,28,30). The van der Waals surface area contributed by atoms with Gasteiger partial charge < -0.3 is 10.2 Å². The summed E-state index contributed by atoms with van der Waals surface area (Å²) in [6, 6.07) is 27.1. The van der Waals surface area contributed by atoms with Crippen LogP contribution in [-0.2, 0) is 4.79 Å². The Morgan fingerprint density at radius 2 is 1.39 bits per heavy atom. The molecule has 1 heterocycles. The number of nitrogens with one attached hydrogen (secondary N) is 1. The molecule has 1 aliphatic rings. The van der Waals surface area contributed by atoms with Crippen LogP contribution in [0.4, 0.5) is 0 Å². The van der Waals surface area contributed by atoms with E-state index in [2.05, 4.69) is 29.6 Å². The lowest BCUT2D eigenvalue weighted by Crippen LogP contribution is -2.47. The van der Waals surface area contributed by atoms with Crippen molar-refractivity contribution in [3.63, 3.8) is 0 Å². The molecule has 4 rings (SSSR count). The maximum atomic E-state index is 13.4. The molecule has 3 aromatic carbocycles. The van der Waals surface area contributed by atoms with Gasteiger partial charge >= 0.3 is 0 Å². The average molecular weight is 413 g/mol. The Kier molecular flexibility index (Phi) is 5.64. The molecule has 0 fully saturated rings. The van der Waals surface area contributed by atoms with Crippen LogP contribution >= 0.6 is 0 Å². The molecule has 0 radical (unpaired) electrons. The number of benzene rings is 3. The Hall–Kier alpha value is -3.40. The first-order valence-corrected chi connectivity index (χ1v) is 10.7. The molecule has 1 atom stereocenters. The van der Waals surface area contributed by atoms with Gasteiger partial charge in [-0.05, 0) is 43.5 Å². The predicted octanol–water partition coefficient (Wildman–Crippen LogP) is 4.93. The molecule has 31 heavy (non-hydrogen) atoms. The first-order chi connectivity index (χ1) is 14.8. The molecule has 1 unspecified atom stereocenters. The van der Waals surface area contributed by atoms with Gasteiger partial charge in [-0.3, -0.25) is 9.59 Å². The van der Waals surface area contributed by atoms with Crippen LogP contribution in [0, 0.1) is 0 Å². The molecule has 4 nitrogen and oxygen atoms in total. The normalized spacial score (nSPS) is 15.8. The Bertz CT molecular complexity index is 1030. The number of hydrogen-bond acceptors (Lipinski definition) is 2. The summed E-state index contributed by atoms with van der Waals surface area (Å²) in [6.45, 7) is 6.28. The van der Waals surface area contributed by atoms with Crippen molar-refractivity contribution in [2.24, 2.45) is 0 Å². The van der Waals surface area contributed by atoms with E-state index in [0.717, 1.165) is 16.7 Å². The van der Waals surface area contributed by atoms with E-state index in [-0.39, 0.29) is 23.3 Å². The number of amides is 2. The maximum absolute atomic E-state index is 13.4. The van der Waals surface area contributed by atoms with Gasteiger partial charge in [0.05, 0.1) is 0 Å². The van der Waals surface area contributed by atoms with Crippen molar-refractivity contribution in [3.05, 3.63) is 107 Å². The third-order valence-electron chi connectivity index (χ3n) is 5.59. The van der Waals surface area contributed by atoms with E-state index in [4.69, 9.17) is 0 Å². The number of rotatable bonds is 5. The van der Waals surface area contributed by atoms with Gasteiger partial charge in [-0.25, -0.2) is 0 Å². The highest BCUT2D eigenvalue weighted by Gasteiger charge is 2.42. The smallest absolute Gasteiger partial charge is 0.255 e. The lowest BCUT2D eigenvalue weighted by atomic mass is 9.90. The second-order valence-electron chi connectivity index (χ2n) is 9.06. The highest BCUT2D eigenvalue weighted by atomic mass is 16.2. The fourth-order valence-electron chi connectivity index (χ4n) is 4.25. The van der Waals surface area contributed by atoms with Crippen molar-refractivity contribution >= 4 is 11.8 Å². The largest absolute Gasteiger partial charge is 0.349 e. The van der Waals surface area contributed by atoms with Gasteiger partial charge in [-0.2, -0.15) is 0 Å². The van der Waals surface area contributed by atoms with E-state index in [1.165, 1.54) is 0 Å². The Balaban J connectivity index is 1.75. The fraction of sp³-hybridized carbons (Fsp3) is 0.259. The van der Waals surface area contributed by atoms with Gasteiger partial charge in [-0.1, -0.05) is 78.9 Å². The summed E-state index contributed by atoms with van der Waals surface area (Å²) in [5.74, 6) is -0.280. The summed E-state index contributed by atoms with van der Waals surface area (Å²) in [5, 5.41) is 3.07. The second-order valence-corrected chi connectivity index (χ2v) is 9.06. The lowest BCUT2D eigenvalue weighted by molar-refractivity contribution is -0.127. The van der Waals surface area contributed by atoms with Gasteiger partial charge in [0.25, 0.3) is 5.91 Å². The Labute approximate surface area is 183 Å².